The maximum absolute atomic E-state index is 12.2. The first-order valence-corrected chi connectivity index (χ1v) is 9.07. The van der Waals surface area contributed by atoms with Crippen molar-refractivity contribution in [2.45, 2.75) is 19.4 Å². The molecule has 3 N–H and O–H groups in total. The number of aliphatic hydroxyl groups excluding tert-OH is 1. The zero-order valence-corrected chi connectivity index (χ0v) is 15.2. The number of aryl methyl sites for hydroxylation is 1. The lowest BCUT2D eigenvalue weighted by molar-refractivity contribution is 0.0938. The van der Waals surface area contributed by atoms with Gasteiger partial charge in [-0.05, 0) is 48.1 Å². The van der Waals surface area contributed by atoms with E-state index in [0.29, 0.717) is 34.3 Å². The van der Waals surface area contributed by atoms with Crippen molar-refractivity contribution in [2.24, 2.45) is 0 Å². The minimum absolute atomic E-state index is 0.181. The molecular formula is C17H16Cl2N2O2S. The van der Waals surface area contributed by atoms with Gasteiger partial charge in [0.1, 0.15) is 5.69 Å². The average molecular weight is 383 g/mol. The van der Waals surface area contributed by atoms with E-state index in [0.717, 1.165) is 15.8 Å². The second-order valence-corrected chi connectivity index (χ2v) is 7.30. The van der Waals surface area contributed by atoms with E-state index in [-0.39, 0.29) is 5.91 Å². The zero-order valence-electron chi connectivity index (χ0n) is 12.9. The van der Waals surface area contributed by atoms with Crippen LogP contribution in [0.4, 0.5) is 0 Å². The van der Waals surface area contributed by atoms with E-state index in [4.69, 9.17) is 23.2 Å². The van der Waals surface area contributed by atoms with Gasteiger partial charge in [-0.1, -0.05) is 29.3 Å². The Morgan fingerprint density at radius 1 is 1.33 bits per heavy atom. The van der Waals surface area contributed by atoms with Gasteiger partial charge in [-0.25, -0.2) is 0 Å². The highest BCUT2D eigenvalue weighted by Crippen LogP contribution is 2.27. The molecule has 1 atom stereocenters. The Labute approximate surface area is 153 Å². The predicted octanol–water partition coefficient (Wildman–Crippen LogP) is 4.70. The summed E-state index contributed by atoms with van der Waals surface area (Å²) in [6.45, 7) is 2.36. The number of fused-ring (bicyclic) bond motifs is 1. The summed E-state index contributed by atoms with van der Waals surface area (Å²) < 4.78 is 1.06. The number of hydrogen-bond acceptors (Lipinski definition) is 3. The Hall–Kier alpha value is -1.53. The summed E-state index contributed by atoms with van der Waals surface area (Å²) in [5.41, 5.74) is 3.34. The average Bonchev–Trinajstić information content (AvgIpc) is 3.12. The van der Waals surface area contributed by atoms with Gasteiger partial charge in [0.2, 0.25) is 0 Å². The molecule has 0 fully saturated rings. The number of hydrogen-bond donors (Lipinski definition) is 3. The highest BCUT2D eigenvalue weighted by molar-refractivity contribution is 7.17. The smallest absolute Gasteiger partial charge is 0.267 e. The predicted molar refractivity (Wildman–Crippen MR) is 99.3 cm³/mol. The third-order valence-electron chi connectivity index (χ3n) is 3.81. The second-order valence-electron chi connectivity index (χ2n) is 5.57. The second kappa shape index (κ2) is 7.15. The summed E-state index contributed by atoms with van der Waals surface area (Å²) in [4.78, 5) is 15.3. The molecule has 1 unspecified atom stereocenters. The Kier molecular flexibility index (Phi) is 5.15. The summed E-state index contributed by atoms with van der Waals surface area (Å²) in [6.07, 6.45) is -0.327. The van der Waals surface area contributed by atoms with Crippen molar-refractivity contribution in [1.29, 1.82) is 0 Å². The van der Waals surface area contributed by atoms with Gasteiger partial charge in [-0.3, -0.25) is 4.79 Å². The summed E-state index contributed by atoms with van der Waals surface area (Å²) in [5, 5.41) is 15.9. The number of halogens is 2. The molecule has 1 amide bonds. The highest BCUT2D eigenvalue weighted by Gasteiger charge is 2.13. The van der Waals surface area contributed by atoms with Crippen molar-refractivity contribution in [2.75, 3.05) is 6.54 Å². The van der Waals surface area contributed by atoms with Crippen LogP contribution in [0.15, 0.2) is 29.6 Å². The van der Waals surface area contributed by atoms with Crippen molar-refractivity contribution in [3.8, 4) is 0 Å². The molecule has 0 radical (unpaired) electrons. The van der Waals surface area contributed by atoms with Gasteiger partial charge in [-0.15, -0.1) is 11.3 Å². The summed E-state index contributed by atoms with van der Waals surface area (Å²) in [7, 11) is 0. The number of benzene rings is 1. The Morgan fingerprint density at radius 3 is 2.83 bits per heavy atom. The van der Waals surface area contributed by atoms with Crippen LogP contribution < -0.4 is 5.32 Å². The fraction of sp³-hybridized carbons (Fsp3) is 0.235. The number of carbonyl (C=O) groups excluding carboxylic acids is 1. The van der Waals surface area contributed by atoms with Crippen LogP contribution in [0.5, 0.6) is 0 Å². The van der Waals surface area contributed by atoms with Crippen molar-refractivity contribution < 1.29 is 9.90 Å². The van der Waals surface area contributed by atoms with Gasteiger partial charge in [-0.2, -0.15) is 0 Å². The molecule has 3 rings (SSSR count). The Balaban J connectivity index is 1.57. The Bertz CT molecular complexity index is 888. The van der Waals surface area contributed by atoms with E-state index in [1.165, 1.54) is 0 Å². The lowest BCUT2D eigenvalue weighted by Crippen LogP contribution is -2.25. The van der Waals surface area contributed by atoms with Crippen LogP contribution in [-0.4, -0.2) is 22.5 Å². The van der Waals surface area contributed by atoms with Crippen LogP contribution in [0.3, 0.4) is 0 Å². The molecule has 0 bridgehead atoms. The number of aromatic nitrogens is 1. The van der Waals surface area contributed by atoms with Crippen LogP contribution >= 0.6 is 34.5 Å². The lowest BCUT2D eigenvalue weighted by atomic mass is 10.1. The van der Waals surface area contributed by atoms with Crippen molar-refractivity contribution in [3.05, 3.63) is 56.5 Å². The molecule has 126 valence electrons. The molecule has 0 aliphatic carbocycles. The molecule has 0 aliphatic rings. The number of aliphatic hydroxyl groups is 1. The topological polar surface area (TPSA) is 65.1 Å². The monoisotopic (exact) mass is 382 g/mol. The van der Waals surface area contributed by atoms with Gasteiger partial charge in [0.05, 0.1) is 26.4 Å². The Morgan fingerprint density at radius 2 is 2.12 bits per heavy atom. The molecular weight excluding hydrogens is 367 g/mol. The summed E-state index contributed by atoms with van der Waals surface area (Å²) in [5.74, 6) is -0.181. The van der Waals surface area contributed by atoms with Gasteiger partial charge in [0.15, 0.2) is 0 Å². The fourth-order valence-electron chi connectivity index (χ4n) is 2.46. The van der Waals surface area contributed by atoms with E-state index in [2.05, 4.69) is 15.7 Å². The van der Waals surface area contributed by atoms with E-state index in [1.54, 1.807) is 29.5 Å². The third kappa shape index (κ3) is 3.59. The molecule has 0 saturated carbocycles. The molecule has 1 aromatic carbocycles. The summed E-state index contributed by atoms with van der Waals surface area (Å²) >= 11 is 13.4. The summed E-state index contributed by atoms with van der Waals surface area (Å²) in [6, 6.07) is 6.85. The fourth-order valence-corrected chi connectivity index (χ4v) is 3.70. The molecule has 2 aromatic heterocycles. The number of carbonyl (C=O) groups is 1. The molecule has 4 nitrogen and oxygen atoms in total. The van der Waals surface area contributed by atoms with Gasteiger partial charge in [0, 0.05) is 6.54 Å². The quantitative estimate of drug-likeness (QED) is 0.598. The lowest BCUT2D eigenvalue weighted by Gasteiger charge is -2.12. The van der Waals surface area contributed by atoms with Crippen LogP contribution in [0, 0.1) is 6.92 Å². The molecule has 0 saturated heterocycles. The standard InChI is InChI=1S/C17H16Cl2N2O2S/c1-9-8-24-15-7-13(21-16(9)15)17(23)20-5-4-14(22)10-2-3-11(18)12(19)6-10/h2-3,6-8,14,21-22H,4-5H2,1H3,(H,20,23). The van der Waals surface area contributed by atoms with E-state index in [1.807, 2.05) is 13.0 Å². The van der Waals surface area contributed by atoms with Crippen LogP contribution in [0.2, 0.25) is 10.0 Å². The number of amides is 1. The SMILES string of the molecule is Cc1csc2cc(C(=O)NCCC(O)c3ccc(Cl)c(Cl)c3)[nH]c12. The molecule has 24 heavy (non-hydrogen) atoms. The number of H-pyrrole nitrogens is 1. The van der Waals surface area contributed by atoms with Crippen molar-refractivity contribution in [3.63, 3.8) is 0 Å². The minimum atomic E-state index is -0.713. The van der Waals surface area contributed by atoms with Gasteiger partial charge >= 0.3 is 0 Å². The normalized spacial score (nSPS) is 12.5. The largest absolute Gasteiger partial charge is 0.388 e. The van der Waals surface area contributed by atoms with Crippen molar-refractivity contribution in [1.82, 2.24) is 10.3 Å². The molecule has 0 aliphatic heterocycles. The van der Waals surface area contributed by atoms with Gasteiger partial charge in [0.25, 0.3) is 5.91 Å². The number of rotatable bonds is 5. The first-order chi connectivity index (χ1) is 11.5. The maximum Gasteiger partial charge on any atom is 0.267 e. The molecule has 2 heterocycles. The number of aromatic amines is 1. The highest BCUT2D eigenvalue weighted by atomic mass is 35.5. The van der Waals surface area contributed by atoms with Crippen LogP contribution in [0.25, 0.3) is 10.2 Å². The first-order valence-electron chi connectivity index (χ1n) is 7.43. The van der Waals surface area contributed by atoms with Gasteiger partial charge < -0.3 is 15.4 Å². The van der Waals surface area contributed by atoms with E-state index < -0.39 is 6.10 Å². The van der Waals surface area contributed by atoms with Crippen LogP contribution in [0.1, 0.15) is 34.1 Å². The van der Waals surface area contributed by atoms with Crippen LogP contribution in [-0.2, 0) is 0 Å². The molecule has 0 spiro atoms. The first kappa shape index (κ1) is 17.3. The zero-order chi connectivity index (χ0) is 17.3. The molecule has 7 heteroatoms. The third-order valence-corrected chi connectivity index (χ3v) is 5.60. The number of thiophene rings is 1. The van der Waals surface area contributed by atoms with Crippen molar-refractivity contribution >= 4 is 50.7 Å². The maximum atomic E-state index is 12.2. The molecule has 3 aromatic rings. The number of nitrogens with one attached hydrogen (secondary N) is 2. The van der Waals surface area contributed by atoms with E-state index in [9.17, 15) is 9.90 Å². The minimum Gasteiger partial charge on any atom is -0.388 e. The van der Waals surface area contributed by atoms with E-state index >= 15 is 0 Å².